The van der Waals surface area contributed by atoms with E-state index in [2.05, 4.69) is 39.0 Å². The van der Waals surface area contributed by atoms with Gasteiger partial charge in [-0.05, 0) is 37.0 Å². The molecule has 0 spiro atoms. The number of hydrogen-bond acceptors (Lipinski definition) is 10. The second kappa shape index (κ2) is 15.0. The Hall–Kier alpha value is -3.82. The smallest absolute Gasteiger partial charge is 0.416 e. The van der Waals surface area contributed by atoms with Crippen molar-refractivity contribution >= 4 is 34.2 Å². The zero-order chi connectivity index (χ0) is 32.7. The summed E-state index contributed by atoms with van der Waals surface area (Å²) in [5.74, 6) is -0.890. The number of amides is 1. The Morgan fingerprint density at radius 3 is 2.47 bits per heavy atom. The fourth-order valence-electron chi connectivity index (χ4n) is 5.05. The summed E-state index contributed by atoms with van der Waals surface area (Å²) in [6.45, 7) is 7.31. The van der Waals surface area contributed by atoms with Crippen LogP contribution in [-0.4, -0.2) is 83.8 Å². The number of aliphatic carboxylic acids is 1. The summed E-state index contributed by atoms with van der Waals surface area (Å²) in [6.07, 6.45) is -0.827. The van der Waals surface area contributed by atoms with Gasteiger partial charge in [0.1, 0.15) is 17.3 Å². The van der Waals surface area contributed by atoms with Crippen molar-refractivity contribution in [3.63, 3.8) is 0 Å². The van der Waals surface area contributed by atoms with Crippen molar-refractivity contribution in [3.05, 3.63) is 46.7 Å². The molecular formula is C30H37F3N6O5S. The zero-order valence-corrected chi connectivity index (χ0v) is 26.4. The fraction of sp³-hybridized carbons (Fsp3) is 0.500. The fourth-order valence-corrected chi connectivity index (χ4v) is 6.07. The Kier molecular flexibility index (Phi) is 11.3. The molecule has 45 heavy (non-hydrogen) atoms. The average Bonchev–Trinajstić information content (AvgIpc) is 3.40. The molecule has 0 radical (unpaired) electrons. The number of nitrogens with zero attached hydrogens (tertiary/aromatic N) is 5. The summed E-state index contributed by atoms with van der Waals surface area (Å²) in [5.41, 5.74) is -0.334. The molecule has 1 aliphatic heterocycles. The minimum Gasteiger partial charge on any atom is -0.497 e. The van der Waals surface area contributed by atoms with Crippen molar-refractivity contribution in [2.45, 2.75) is 39.4 Å². The molecule has 1 aliphatic rings. The lowest BCUT2D eigenvalue weighted by molar-refractivity contribution is -0.142. The molecule has 0 atom stereocenters. The van der Waals surface area contributed by atoms with Crippen molar-refractivity contribution in [2.24, 2.45) is 11.8 Å². The van der Waals surface area contributed by atoms with Crippen LogP contribution >= 0.6 is 11.3 Å². The van der Waals surface area contributed by atoms with Crippen LogP contribution in [0, 0.1) is 11.8 Å². The Balaban J connectivity index is 1.60. The minimum atomic E-state index is -4.60. The number of ether oxygens (including phenoxy) is 2. The molecule has 2 N–H and O–H groups in total. The number of rotatable bonds is 13. The molecule has 3 heterocycles. The predicted octanol–water partition coefficient (Wildman–Crippen LogP) is 5.29. The molecule has 244 valence electrons. The lowest BCUT2D eigenvalue weighted by Crippen LogP contribution is -2.36. The van der Waals surface area contributed by atoms with Crippen LogP contribution in [0.5, 0.6) is 5.75 Å². The van der Waals surface area contributed by atoms with Gasteiger partial charge in [0.15, 0.2) is 5.13 Å². The number of carboxylic acid groups (broad SMARTS) is 1. The molecule has 0 bridgehead atoms. The van der Waals surface area contributed by atoms with Gasteiger partial charge in [-0.3, -0.25) is 19.8 Å². The Morgan fingerprint density at radius 2 is 1.89 bits per heavy atom. The van der Waals surface area contributed by atoms with Crippen molar-refractivity contribution in [2.75, 3.05) is 57.2 Å². The monoisotopic (exact) mass is 650 g/mol. The molecule has 15 heteroatoms. The second-order valence-electron chi connectivity index (χ2n) is 11.2. The topological polar surface area (TPSA) is 130 Å². The van der Waals surface area contributed by atoms with Gasteiger partial charge < -0.3 is 19.5 Å². The van der Waals surface area contributed by atoms with Crippen LogP contribution in [0.25, 0.3) is 11.3 Å². The van der Waals surface area contributed by atoms with Gasteiger partial charge in [0.05, 0.1) is 43.3 Å². The van der Waals surface area contributed by atoms with E-state index in [0.29, 0.717) is 74.5 Å². The van der Waals surface area contributed by atoms with Crippen LogP contribution in [0.2, 0.25) is 0 Å². The van der Waals surface area contributed by atoms with Crippen LogP contribution < -0.4 is 15.0 Å². The minimum absolute atomic E-state index is 0.0275. The molecule has 3 aromatic rings. The third kappa shape index (κ3) is 9.11. The lowest BCUT2D eigenvalue weighted by atomic mass is 9.97. The van der Waals surface area contributed by atoms with Crippen LogP contribution in [0.3, 0.4) is 0 Å². The number of benzene rings is 1. The quantitative estimate of drug-likeness (QED) is 0.252. The van der Waals surface area contributed by atoms with E-state index < -0.39 is 23.6 Å². The Morgan fingerprint density at radius 1 is 1.16 bits per heavy atom. The van der Waals surface area contributed by atoms with Crippen LogP contribution in [0.1, 0.15) is 47.6 Å². The number of methoxy groups -OCH3 is 2. The Labute approximate surface area is 263 Å². The van der Waals surface area contributed by atoms with E-state index >= 15 is 0 Å². The van der Waals surface area contributed by atoms with E-state index in [1.165, 1.54) is 36.9 Å². The van der Waals surface area contributed by atoms with Crippen molar-refractivity contribution in [1.82, 2.24) is 19.9 Å². The van der Waals surface area contributed by atoms with Gasteiger partial charge in [0.2, 0.25) is 0 Å². The molecule has 1 fully saturated rings. The number of hydrogen-bond donors (Lipinski definition) is 2. The first-order valence-electron chi connectivity index (χ1n) is 14.5. The first-order chi connectivity index (χ1) is 21.4. The third-order valence-corrected chi connectivity index (χ3v) is 8.26. The number of nitrogens with one attached hydrogen (secondary N) is 1. The number of alkyl halides is 3. The second-order valence-corrected chi connectivity index (χ2v) is 12.3. The summed E-state index contributed by atoms with van der Waals surface area (Å²) in [6, 6.07) is 3.45. The number of carbonyl (C=O) groups is 2. The van der Waals surface area contributed by atoms with E-state index in [9.17, 15) is 27.9 Å². The van der Waals surface area contributed by atoms with Crippen LogP contribution in [-0.2, 0) is 22.3 Å². The highest BCUT2D eigenvalue weighted by molar-refractivity contribution is 7.16. The number of halogens is 3. The average molecular weight is 651 g/mol. The van der Waals surface area contributed by atoms with Gasteiger partial charge in [-0.25, -0.2) is 15.0 Å². The predicted molar refractivity (Wildman–Crippen MR) is 164 cm³/mol. The summed E-state index contributed by atoms with van der Waals surface area (Å²) in [5, 5.41) is 12.1. The SMILES string of the molecule is COCCN(Cc1sc(NC(=O)c2cnc(N3CCC(C(=O)O)CC3)cn2)nc1-c1cc(OC)cc(C(F)(F)F)c1)CC(C)C. The molecule has 0 unspecified atom stereocenters. The van der Waals surface area contributed by atoms with E-state index in [-0.39, 0.29) is 28.1 Å². The molecule has 2 aromatic heterocycles. The van der Waals surface area contributed by atoms with Gasteiger partial charge in [-0.15, -0.1) is 0 Å². The van der Waals surface area contributed by atoms with Crippen molar-refractivity contribution in [1.29, 1.82) is 0 Å². The lowest BCUT2D eigenvalue weighted by Gasteiger charge is -2.30. The van der Waals surface area contributed by atoms with Crippen LogP contribution in [0.15, 0.2) is 30.6 Å². The number of piperidine rings is 1. The zero-order valence-electron chi connectivity index (χ0n) is 25.6. The van der Waals surface area contributed by atoms with E-state index in [1.807, 2.05) is 4.90 Å². The highest BCUT2D eigenvalue weighted by atomic mass is 32.1. The molecule has 1 aromatic carbocycles. The molecular weight excluding hydrogens is 613 g/mol. The summed E-state index contributed by atoms with van der Waals surface area (Å²) < 4.78 is 51.7. The Bertz CT molecular complexity index is 1460. The molecule has 0 aliphatic carbocycles. The maximum Gasteiger partial charge on any atom is 0.416 e. The first kappa shape index (κ1) is 34.1. The summed E-state index contributed by atoms with van der Waals surface area (Å²) in [7, 11) is 2.90. The molecule has 0 saturated carbocycles. The number of thiazole rings is 1. The van der Waals surface area contributed by atoms with Gasteiger partial charge in [0.25, 0.3) is 5.91 Å². The van der Waals surface area contributed by atoms with E-state index in [0.717, 1.165) is 12.1 Å². The van der Waals surface area contributed by atoms with Gasteiger partial charge in [0, 0.05) is 50.3 Å². The summed E-state index contributed by atoms with van der Waals surface area (Å²) >= 11 is 1.17. The normalized spacial score (nSPS) is 14.3. The molecule has 4 rings (SSSR count). The highest BCUT2D eigenvalue weighted by Gasteiger charge is 2.32. The van der Waals surface area contributed by atoms with Crippen molar-refractivity contribution in [3.8, 4) is 17.0 Å². The standard InChI is InChI=1S/C30H37F3N6O5S/c1-18(2)16-38(9-10-43-3)17-24-26(20-11-21(30(31,32)33)13-22(12-20)44-4)36-29(45-24)37-27(40)23-14-35-25(15-34-23)39-7-5-19(6-8-39)28(41)42/h11-15,18-19H,5-10,16-17H2,1-4H3,(H,41,42)(H,36,37,40). The van der Waals surface area contributed by atoms with E-state index in [4.69, 9.17) is 9.47 Å². The van der Waals surface area contributed by atoms with Crippen molar-refractivity contribution < 1.29 is 37.3 Å². The molecule has 1 saturated heterocycles. The maximum absolute atomic E-state index is 13.8. The summed E-state index contributed by atoms with van der Waals surface area (Å²) in [4.78, 5) is 42.3. The molecule has 11 nitrogen and oxygen atoms in total. The van der Waals surface area contributed by atoms with Gasteiger partial charge >= 0.3 is 12.1 Å². The van der Waals surface area contributed by atoms with Gasteiger partial charge in [-0.2, -0.15) is 13.2 Å². The number of carbonyl (C=O) groups excluding carboxylic acids is 1. The van der Waals surface area contributed by atoms with Gasteiger partial charge in [-0.1, -0.05) is 25.2 Å². The first-order valence-corrected chi connectivity index (χ1v) is 15.3. The van der Waals surface area contributed by atoms with Crippen LogP contribution in [0.4, 0.5) is 24.1 Å². The highest BCUT2D eigenvalue weighted by Crippen LogP contribution is 2.39. The number of aromatic nitrogens is 3. The largest absolute Gasteiger partial charge is 0.497 e. The number of anilines is 2. The molecule has 1 amide bonds. The number of carboxylic acids is 1. The van der Waals surface area contributed by atoms with E-state index in [1.54, 1.807) is 7.11 Å². The third-order valence-electron chi connectivity index (χ3n) is 7.30. The maximum atomic E-state index is 13.8.